The number of rotatable bonds is 15. The minimum atomic E-state index is -1.14. The Balaban J connectivity index is 3.12. The van der Waals surface area contributed by atoms with Crippen LogP contribution in [0.1, 0.15) is 37.8 Å². The summed E-state index contributed by atoms with van der Waals surface area (Å²) in [5.41, 5.74) is 15.1. The van der Waals surface area contributed by atoms with Gasteiger partial charge in [0.05, 0.1) is 0 Å². The smallest absolute Gasteiger partial charge is 0.407 e. The lowest BCUT2D eigenvalue weighted by atomic mass is 10.0. The molecule has 0 aliphatic rings. The number of azide groups is 1. The first-order valence-electron chi connectivity index (χ1n) is 12.0. The summed E-state index contributed by atoms with van der Waals surface area (Å²) in [4.78, 5) is 64.1. The van der Waals surface area contributed by atoms with Gasteiger partial charge in [-0.2, -0.15) is 0 Å². The Morgan fingerprint density at radius 3 is 2.41 bits per heavy atom. The van der Waals surface area contributed by atoms with E-state index in [1.807, 2.05) is 0 Å². The number of hydrogen-bond donors (Lipinski definition) is 6. The predicted molar refractivity (Wildman–Crippen MR) is 144 cm³/mol. The molecule has 6 amide bonds. The third-order valence-electron chi connectivity index (χ3n) is 5.50. The third-order valence-corrected chi connectivity index (χ3v) is 5.78. The summed E-state index contributed by atoms with van der Waals surface area (Å²) >= 11 is 5.98. The van der Waals surface area contributed by atoms with Crippen LogP contribution in [0.3, 0.4) is 0 Å². The number of halogens is 1. The normalized spacial score (nSPS) is 11.9. The highest BCUT2D eigenvalue weighted by Gasteiger charge is 2.28. The van der Waals surface area contributed by atoms with Crippen molar-refractivity contribution in [3.8, 4) is 0 Å². The monoisotopic (exact) mass is 567 g/mol. The molecule has 7 N–H and O–H groups in total. The van der Waals surface area contributed by atoms with E-state index in [0.29, 0.717) is 16.8 Å². The van der Waals surface area contributed by atoms with Gasteiger partial charge in [-0.1, -0.05) is 25.0 Å². The van der Waals surface area contributed by atoms with E-state index in [1.54, 1.807) is 32.0 Å². The summed E-state index contributed by atoms with van der Waals surface area (Å²) < 4.78 is 0. The number of urea groups is 1. The number of carboxylic acid groups (broad SMARTS) is 1. The topological polar surface area (TPSA) is 232 Å². The zero-order valence-corrected chi connectivity index (χ0v) is 22.7. The van der Waals surface area contributed by atoms with Crippen LogP contribution < -0.4 is 27.0 Å². The Hall–Kier alpha value is -4.23. The molecule has 0 radical (unpaired) electrons. The average molecular weight is 568 g/mol. The van der Waals surface area contributed by atoms with E-state index in [2.05, 4.69) is 31.3 Å². The molecule has 0 unspecified atom stereocenters. The Morgan fingerprint density at radius 1 is 1.15 bits per heavy atom. The van der Waals surface area contributed by atoms with Gasteiger partial charge in [0.1, 0.15) is 18.6 Å². The van der Waals surface area contributed by atoms with Crippen LogP contribution in [-0.2, 0) is 26.8 Å². The van der Waals surface area contributed by atoms with Crippen molar-refractivity contribution in [2.75, 3.05) is 25.5 Å². The first kappa shape index (κ1) is 32.8. The van der Waals surface area contributed by atoms with E-state index in [-0.39, 0.29) is 37.7 Å². The molecule has 39 heavy (non-hydrogen) atoms. The molecule has 0 aromatic heterocycles. The molecular formula is C23H34ClN9O6. The summed E-state index contributed by atoms with van der Waals surface area (Å²) in [6.45, 7) is 3.08. The fourth-order valence-corrected chi connectivity index (χ4v) is 3.69. The van der Waals surface area contributed by atoms with Gasteiger partial charge in [-0.05, 0) is 47.6 Å². The van der Waals surface area contributed by atoms with E-state index in [1.165, 1.54) is 7.05 Å². The van der Waals surface area contributed by atoms with E-state index >= 15 is 0 Å². The number of alkyl halides is 1. The van der Waals surface area contributed by atoms with Gasteiger partial charge in [0.25, 0.3) is 0 Å². The second-order valence-electron chi connectivity index (χ2n) is 8.92. The van der Waals surface area contributed by atoms with Gasteiger partial charge in [-0.15, -0.1) is 11.6 Å². The highest BCUT2D eigenvalue weighted by Crippen LogP contribution is 2.20. The van der Waals surface area contributed by atoms with E-state index in [0.717, 1.165) is 4.90 Å². The van der Waals surface area contributed by atoms with Crippen LogP contribution in [-0.4, -0.2) is 72.1 Å². The fourth-order valence-electron chi connectivity index (χ4n) is 3.43. The maximum Gasteiger partial charge on any atom is 0.407 e. The number of amides is 6. The summed E-state index contributed by atoms with van der Waals surface area (Å²) in [7, 11) is 1.40. The lowest BCUT2D eigenvalue weighted by molar-refractivity contribution is -0.131. The molecule has 1 aromatic carbocycles. The van der Waals surface area contributed by atoms with Gasteiger partial charge in [-0.3, -0.25) is 14.4 Å². The van der Waals surface area contributed by atoms with Gasteiger partial charge >= 0.3 is 12.1 Å². The Morgan fingerprint density at radius 2 is 1.85 bits per heavy atom. The maximum atomic E-state index is 13.2. The van der Waals surface area contributed by atoms with Crippen molar-refractivity contribution in [3.63, 3.8) is 0 Å². The summed E-state index contributed by atoms with van der Waals surface area (Å²) in [6, 6.07) is 2.02. The quantitative estimate of drug-likeness (QED) is 0.0607. The Kier molecular flexibility index (Phi) is 13.9. The number of carbonyl (C=O) groups is 5. The largest absolute Gasteiger partial charge is 0.465 e. The molecule has 214 valence electrons. The first-order valence-corrected chi connectivity index (χ1v) is 12.5. The van der Waals surface area contributed by atoms with Crippen molar-refractivity contribution < 1.29 is 29.1 Å². The van der Waals surface area contributed by atoms with E-state index < -0.39 is 48.5 Å². The number of primary amides is 1. The van der Waals surface area contributed by atoms with Crippen LogP contribution in [0.25, 0.3) is 10.4 Å². The summed E-state index contributed by atoms with van der Waals surface area (Å²) in [5, 5.41) is 22.6. The summed E-state index contributed by atoms with van der Waals surface area (Å²) in [5.74, 6) is -2.11. The van der Waals surface area contributed by atoms with Gasteiger partial charge < -0.3 is 37.0 Å². The van der Waals surface area contributed by atoms with Crippen LogP contribution in [0.5, 0.6) is 0 Å². The zero-order chi connectivity index (χ0) is 29.5. The van der Waals surface area contributed by atoms with Crippen molar-refractivity contribution in [1.82, 2.24) is 20.9 Å². The third kappa shape index (κ3) is 11.8. The maximum absolute atomic E-state index is 13.2. The van der Waals surface area contributed by atoms with Crippen LogP contribution in [0.2, 0.25) is 0 Å². The lowest BCUT2D eigenvalue weighted by Gasteiger charge is -2.25. The van der Waals surface area contributed by atoms with Gasteiger partial charge in [0.2, 0.25) is 17.7 Å². The first-order chi connectivity index (χ1) is 18.4. The molecule has 1 aromatic rings. The van der Waals surface area contributed by atoms with Crippen molar-refractivity contribution in [1.29, 1.82) is 0 Å². The van der Waals surface area contributed by atoms with Crippen LogP contribution in [0.4, 0.5) is 15.3 Å². The molecule has 0 bridgehead atoms. The van der Waals surface area contributed by atoms with E-state index in [4.69, 9.17) is 22.9 Å². The SMILES string of the molecule is CC(C)[C@H](NC(=O)CN=[N+]=[N-])C(=O)N[C@@H](CCCNC(N)=O)C(=O)Nc1ccc(CCl)c(CN(C)C(=O)O)c1. The fraction of sp³-hybridized carbons (Fsp3) is 0.522. The van der Waals surface area contributed by atoms with Crippen LogP contribution in [0.15, 0.2) is 23.3 Å². The number of hydrogen-bond acceptors (Lipinski definition) is 6. The molecule has 0 aliphatic carbocycles. The minimum absolute atomic E-state index is 0.0334. The molecule has 2 atom stereocenters. The highest BCUT2D eigenvalue weighted by molar-refractivity contribution is 6.17. The molecule has 0 fully saturated rings. The predicted octanol–water partition coefficient (Wildman–Crippen LogP) is 1.86. The number of carbonyl (C=O) groups excluding carboxylic acids is 4. The zero-order valence-electron chi connectivity index (χ0n) is 21.9. The average Bonchev–Trinajstić information content (AvgIpc) is 2.87. The molecule has 16 heteroatoms. The molecule has 0 aliphatic heterocycles. The number of nitrogens with zero attached hydrogens (tertiary/aromatic N) is 4. The van der Waals surface area contributed by atoms with Gasteiger partial charge in [0, 0.05) is 36.6 Å². The molecule has 0 spiro atoms. The van der Waals surface area contributed by atoms with E-state index in [9.17, 15) is 29.1 Å². The molecule has 15 nitrogen and oxygen atoms in total. The van der Waals surface area contributed by atoms with Crippen molar-refractivity contribution in [3.05, 3.63) is 39.8 Å². The van der Waals surface area contributed by atoms with Crippen LogP contribution >= 0.6 is 11.6 Å². The lowest BCUT2D eigenvalue weighted by Crippen LogP contribution is -2.55. The standard InChI is InChI=1S/C23H34ClN9O6/c1-13(2)19(31-18(34)11-28-32-26)21(36)30-17(5-4-8-27-22(25)37)20(35)29-16-7-6-14(10-24)15(9-16)12-33(3)23(38)39/h6-7,9,13,17,19H,4-5,8,10-12H2,1-3H3,(H,29,35)(H,30,36)(H,31,34)(H,38,39)(H3,25,27,37)/t17-,19-/m0/s1. The number of nitrogens with two attached hydrogens (primary N) is 1. The molecular weight excluding hydrogens is 534 g/mol. The Labute approximate surface area is 230 Å². The molecule has 0 saturated carbocycles. The van der Waals surface area contributed by atoms with Gasteiger partial charge in [-0.25, -0.2) is 9.59 Å². The van der Waals surface area contributed by atoms with Crippen LogP contribution in [0, 0.1) is 5.92 Å². The number of anilines is 1. The van der Waals surface area contributed by atoms with Crippen molar-refractivity contribution >= 4 is 47.1 Å². The highest BCUT2D eigenvalue weighted by atomic mass is 35.5. The molecule has 0 saturated heterocycles. The number of nitrogens with one attached hydrogen (secondary N) is 4. The van der Waals surface area contributed by atoms with Crippen molar-refractivity contribution in [2.24, 2.45) is 16.8 Å². The second kappa shape index (κ2) is 16.6. The molecule has 1 rings (SSSR count). The number of benzene rings is 1. The van der Waals surface area contributed by atoms with Crippen molar-refractivity contribution in [2.45, 2.75) is 51.2 Å². The second-order valence-corrected chi connectivity index (χ2v) is 9.18. The Bertz CT molecular complexity index is 1090. The van der Waals surface area contributed by atoms with Gasteiger partial charge in [0.15, 0.2) is 0 Å². The minimum Gasteiger partial charge on any atom is -0.465 e. The summed E-state index contributed by atoms with van der Waals surface area (Å²) in [6.07, 6.45) is -0.732. The molecule has 0 heterocycles.